The van der Waals surface area contributed by atoms with Gasteiger partial charge in [0.15, 0.2) is 0 Å². The summed E-state index contributed by atoms with van der Waals surface area (Å²) < 4.78 is 0. The van der Waals surface area contributed by atoms with Crippen molar-refractivity contribution >= 4 is 28.3 Å². The number of benzene rings is 1. The number of rotatable bonds is 6. The van der Waals surface area contributed by atoms with Crippen LogP contribution in [0.5, 0.6) is 0 Å². The lowest BCUT2D eigenvalue weighted by Gasteiger charge is -2.05. The molecule has 1 heterocycles. The Kier molecular flexibility index (Phi) is 5.48. The van der Waals surface area contributed by atoms with Gasteiger partial charge in [0, 0.05) is 18.5 Å². The van der Waals surface area contributed by atoms with Gasteiger partial charge in [0.25, 0.3) is 0 Å². The van der Waals surface area contributed by atoms with Crippen molar-refractivity contribution in [2.45, 2.75) is 19.8 Å². The molecule has 0 fully saturated rings. The van der Waals surface area contributed by atoms with Gasteiger partial charge in [0.1, 0.15) is 10.0 Å². The highest BCUT2D eigenvalue weighted by atomic mass is 32.1. The van der Waals surface area contributed by atoms with Crippen LogP contribution in [0.1, 0.15) is 18.5 Å². The number of hydrogen-bond donors (Lipinski definition) is 3. The van der Waals surface area contributed by atoms with Crippen LogP contribution >= 0.6 is 11.3 Å². The number of aliphatic carboxylic acids is 1. The summed E-state index contributed by atoms with van der Waals surface area (Å²) in [6.45, 7) is 2.16. The van der Waals surface area contributed by atoms with Crippen LogP contribution in [0, 0.1) is 6.92 Å². The lowest BCUT2D eigenvalue weighted by molar-refractivity contribution is -0.137. The number of carbonyl (C=O) groups is 2. The van der Waals surface area contributed by atoms with E-state index in [2.05, 4.69) is 15.6 Å². The molecule has 0 saturated carbocycles. The summed E-state index contributed by atoms with van der Waals surface area (Å²) in [5, 5.41) is 15.4. The lowest BCUT2D eigenvalue weighted by Crippen LogP contribution is -2.29. The molecule has 0 aliphatic rings. The van der Waals surface area contributed by atoms with E-state index in [-0.39, 0.29) is 12.5 Å². The Balaban J connectivity index is 1.92. The molecule has 2 aromatic rings. The summed E-state index contributed by atoms with van der Waals surface area (Å²) in [6.07, 6.45) is 0.442. The summed E-state index contributed by atoms with van der Waals surface area (Å²) in [6, 6.07) is 9.40. The van der Waals surface area contributed by atoms with Crippen LogP contribution in [0.15, 0.2) is 30.3 Å². The van der Waals surface area contributed by atoms with E-state index in [1.165, 1.54) is 11.3 Å². The second-order valence-corrected chi connectivity index (χ2v) is 5.68. The van der Waals surface area contributed by atoms with Crippen molar-refractivity contribution in [1.29, 1.82) is 0 Å². The number of aryl methyl sites for hydroxylation is 1. The monoisotopic (exact) mass is 319 g/mol. The first-order valence-corrected chi connectivity index (χ1v) is 7.67. The number of carbonyl (C=O) groups excluding carboxylic acids is 1. The average molecular weight is 319 g/mol. The Morgan fingerprint density at radius 1 is 1.27 bits per heavy atom. The molecule has 0 aliphatic carbocycles. The van der Waals surface area contributed by atoms with E-state index in [9.17, 15) is 9.59 Å². The molecule has 2 rings (SSSR count). The fourth-order valence-electron chi connectivity index (χ4n) is 1.81. The minimum Gasteiger partial charge on any atom is -0.481 e. The van der Waals surface area contributed by atoms with Crippen LogP contribution in [-0.2, 0) is 4.79 Å². The maximum absolute atomic E-state index is 11.8. The van der Waals surface area contributed by atoms with E-state index in [4.69, 9.17) is 5.11 Å². The van der Waals surface area contributed by atoms with Gasteiger partial charge in [0.05, 0.1) is 5.69 Å². The number of hydrogen-bond acceptors (Lipinski definition) is 4. The van der Waals surface area contributed by atoms with Gasteiger partial charge in [-0.25, -0.2) is 9.78 Å². The van der Waals surface area contributed by atoms with Crippen LogP contribution in [-0.4, -0.2) is 28.6 Å². The molecule has 0 unspecified atom stereocenters. The number of thiazole rings is 1. The minimum atomic E-state index is -0.868. The zero-order valence-electron chi connectivity index (χ0n) is 12.1. The van der Waals surface area contributed by atoms with Crippen molar-refractivity contribution in [3.63, 3.8) is 0 Å². The third kappa shape index (κ3) is 4.56. The molecule has 6 nitrogen and oxygen atoms in total. The Morgan fingerprint density at radius 2 is 2.00 bits per heavy atom. The summed E-state index contributed by atoms with van der Waals surface area (Å²) in [5.41, 5.74) is 1.76. The molecular weight excluding hydrogens is 302 g/mol. The first kappa shape index (κ1) is 16.0. The molecule has 3 N–H and O–H groups in total. The summed E-state index contributed by atoms with van der Waals surface area (Å²) in [5.74, 6) is -0.868. The third-order valence-corrected chi connectivity index (χ3v) is 4.02. The van der Waals surface area contributed by atoms with Gasteiger partial charge in [-0.1, -0.05) is 41.7 Å². The minimum absolute atomic E-state index is 0.0397. The van der Waals surface area contributed by atoms with Gasteiger partial charge in [-0.2, -0.15) is 0 Å². The molecular formula is C15H17N3O3S. The molecule has 116 valence electrons. The number of nitrogens with zero attached hydrogens (tertiary/aromatic N) is 1. The maximum atomic E-state index is 11.8. The van der Waals surface area contributed by atoms with Gasteiger partial charge in [0.2, 0.25) is 0 Å². The Labute approximate surface area is 132 Å². The van der Waals surface area contributed by atoms with Crippen molar-refractivity contribution in [3.05, 3.63) is 36.0 Å². The fraction of sp³-hybridized carbons (Fsp3) is 0.267. The SMILES string of the molecule is Cc1nc(-c2ccccc2)sc1NC(=O)NCCCC(=O)O. The van der Waals surface area contributed by atoms with E-state index in [0.29, 0.717) is 18.0 Å². The van der Waals surface area contributed by atoms with E-state index in [1.54, 1.807) is 0 Å². The summed E-state index contributed by atoms with van der Waals surface area (Å²) in [7, 11) is 0. The van der Waals surface area contributed by atoms with Crippen LogP contribution < -0.4 is 10.6 Å². The predicted octanol–water partition coefficient (Wildman–Crippen LogP) is 3.10. The van der Waals surface area contributed by atoms with Crippen molar-refractivity contribution in [2.24, 2.45) is 0 Å². The van der Waals surface area contributed by atoms with Gasteiger partial charge < -0.3 is 10.4 Å². The average Bonchev–Trinajstić information content (AvgIpc) is 2.85. The van der Waals surface area contributed by atoms with E-state index < -0.39 is 5.97 Å². The highest BCUT2D eigenvalue weighted by Gasteiger charge is 2.11. The molecule has 1 aromatic carbocycles. The van der Waals surface area contributed by atoms with Crippen molar-refractivity contribution in [3.8, 4) is 10.6 Å². The first-order valence-electron chi connectivity index (χ1n) is 6.86. The second-order valence-electron chi connectivity index (χ2n) is 4.68. The van der Waals surface area contributed by atoms with E-state index in [0.717, 1.165) is 16.3 Å². The van der Waals surface area contributed by atoms with Crippen molar-refractivity contribution in [1.82, 2.24) is 10.3 Å². The molecule has 0 aliphatic heterocycles. The van der Waals surface area contributed by atoms with Crippen molar-refractivity contribution in [2.75, 3.05) is 11.9 Å². The standard InChI is InChI=1S/C15H17N3O3S/c1-10-13(18-15(21)16-9-5-8-12(19)20)22-14(17-10)11-6-3-2-4-7-11/h2-4,6-7H,5,8-9H2,1H3,(H,19,20)(H2,16,18,21). The Bertz CT molecular complexity index is 655. The molecule has 0 atom stereocenters. The highest BCUT2D eigenvalue weighted by Crippen LogP contribution is 2.31. The van der Waals surface area contributed by atoms with E-state index >= 15 is 0 Å². The molecule has 2 amide bonds. The lowest BCUT2D eigenvalue weighted by atomic mass is 10.2. The molecule has 0 saturated heterocycles. The maximum Gasteiger partial charge on any atom is 0.319 e. The van der Waals surface area contributed by atoms with Crippen LogP contribution in [0.25, 0.3) is 10.6 Å². The first-order chi connectivity index (χ1) is 10.6. The molecule has 0 bridgehead atoms. The van der Waals surface area contributed by atoms with Crippen LogP contribution in [0.3, 0.4) is 0 Å². The van der Waals surface area contributed by atoms with Crippen LogP contribution in [0.2, 0.25) is 0 Å². The summed E-state index contributed by atoms with van der Waals surface area (Å²) >= 11 is 1.41. The van der Waals surface area contributed by atoms with Crippen LogP contribution in [0.4, 0.5) is 9.80 Å². The number of urea groups is 1. The van der Waals surface area contributed by atoms with Gasteiger partial charge in [-0.05, 0) is 13.3 Å². The predicted molar refractivity (Wildman–Crippen MR) is 86.2 cm³/mol. The Hall–Kier alpha value is -2.41. The highest BCUT2D eigenvalue weighted by molar-refractivity contribution is 7.19. The largest absolute Gasteiger partial charge is 0.481 e. The molecule has 0 radical (unpaired) electrons. The number of nitrogens with one attached hydrogen (secondary N) is 2. The Morgan fingerprint density at radius 3 is 2.68 bits per heavy atom. The smallest absolute Gasteiger partial charge is 0.319 e. The van der Waals surface area contributed by atoms with Gasteiger partial charge in [-0.15, -0.1) is 0 Å². The summed E-state index contributed by atoms with van der Waals surface area (Å²) in [4.78, 5) is 26.6. The van der Waals surface area contributed by atoms with E-state index in [1.807, 2.05) is 37.3 Å². The molecule has 1 aromatic heterocycles. The number of amides is 2. The number of aromatic nitrogens is 1. The second kappa shape index (κ2) is 7.56. The molecule has 22 heavy (non-hydrogen) atoms. The topological polar surface area (TPSA) is 91.3 Å². The fourth-order valence-corrected chi connectivity index (χ4v) is 2.77. The quantitative estimate of drug-likeness (QED) is 0.713. The normalized spacial score (nSPS) is 10.2. The number of carboxylic acid groups (broad SMARTS) is 1. The number of anilines is 1. The zero-order chi connectivity index (χ0) is 15.9. The van der Waals surface area contributed by atoms with Gasteiger partial charge >= 0.3 is 12.0 Å². The molecule has 0 spiro atoms. The number of carboxylic acids is 1. The molecule has 7 heteroatoms. The zero-order valence-corrected chi connectivity index (χ0v) is 12.9. The van der Waals surface area contributed by atoms with Crippen molar-refractivity contribution < 1.29 is 14.7 Å². The third-order valence-electron chi connectivity index (χ3n) is 2.90. The van der Waals surface area contributed by atoms with Gasteiger partial charge in [-0.3, -0.25) is 10.1 Å².